The molecule has 46 heavy (non-hydrogen) atoms. The predicted molar refractivity (Wildman–Crippen MR) is 169 cm³/mol. The van der Waals surface area contributed by atoms with E-state index in [1.165, 1.54) is 0 Å². The van der Waals surface area contributed by atoms with Crippen molar-refractivity contribution in [2.45, 2.75) is 51.2 Å². The molecule has 2 aromatic carbocycles. The summed E-state index contributed by atoms with van der Waals surface area (Å²) in [5.74, 6) is 0.822. The van der Waals surface area contributed by atoms with Crippen LogP contribution in [0.2, 0.25) is 0 Å². The highest BCUT2D eigenvalue weighted by atomic mass is 19.4. The number of ether oxygens (including phenoxy) is 3. The van der Waals surface area contributed by atoms with E-state index in [0.29, 0.717) is 47.8 Å². The molecule has 14 heteroatoms. The van der Waals surface area contributed by atoms with Gasteiger partial charge in [0.2, 0.25) is 11.9 Å². The molecule has 0 fully saturated rings. The van der Waals surface area contributed by atoms with Gasteiger partial charge in [-0.05, 0) is 42.7 Å². The highest BCUT2D eigenvalue weighted by Crippen LogP contribution is 2.27. The number of rotatable bonds is 6. The SMILES string of the molecule is C[N+](C)(C)CCNC(=O)c1ccc2cc1OCCCCCCCCOc1ccc(cc1)CNc1nc(nc(OCC(F)(F)F)n1)N2. The molecule has 0 aliphatic carbocycles. The molecule has 0 atom stereocenters. The van der Waals surface area contributed by atoms with Crippen LogP contribution in [0.1, 0.15) is 54.4 Å². The van der Waals surface area contributed by atoms with Crippen molar-refractivity contribution in [1.82, 2.24) is 20.3 Å². The van der Waals surface area contributed by atoms with E-state index >= 15 is 0 Å². The van der Waals surface area contributed by atoms with Crippen molar-refractivity contribution < 1.29 is 36.7 Å². The first-order valence-corrected chi connectivity index (χ1v) is 15.5. The number of benzene rings is 2. The third-order valence-electron chi connectivity index (χ3n) is 6.97. The van der Waals surface area contributed by atoms with Gasteiger partial charge in [-0.25, -0.2) is 0 Å². The van der Waals surface area contributed by atoms with Crippen LogP contribution in [-0.2, 0) is 6.54 Å². The summed E-state index contributed by atoms with van der Waals surface area (Å²) in [6, 6.07) is 12.0. The molecule has 1 amide bonds. The fourth-order valence-corrected chi connectivity index (χ4v) is 4.51. The predicted octanol–water partition coefficient (Wildman–Crippen LogP) is 5.72. The van der Waals surface area contributed by atoms with Crippen molar-refractivity contribution in [1.29, 1.82) is 0 Å². The Kier molecular flexibility index (Phi) is 12.2. The van der Waals surface area contributed by atoms with E-state index in [1.54, 1.807) is 18.2 Å². The van der Waals surface area contributed by atoms with E-state index in [9.17, 15) is 18.0 Å². The summed E-state index contributed by atoms with van der Waals surface area (Å²) in [4.78, 5) is 25.5. The minimum Gasteiger partial charge on any atom is -0.494 e. The molecular formula is C32H43F3N7O4+. The fraction of sp³-hybridized carbons (Fsp3) is 0.500. The normalized spacial score (nSPS) is 15.0. The second-order valence-electron chi connectivity index (χ2n) is 12.1. The summed E-state index contributed by atoms with van der Waals surface area (Å²) >= 11 is 0. The third kappa shape index (κ3) is 12.2. The number of quaternary nitrogens is 1. The van der Waals surface area contributed by atoms with E-state index in [2.05, 4.69) is 30.9 Å². The number of anilines is 3. The molecule has 6 bridgehead atoms. The largest absolute Gasteiger partial charge is 0.494 e. The number of likely N-dealkylation sites (N-methyl/N-ethyl adjacent to an activating group) is 1. The molecule has 0 unspecified atom stereocenters. The van der Waals surface area contributed by atoms with Crippen LogP contribution in [0.15, 0.2) is 42.5 Å². The average molecular weight is 647 g/mol. The van der Waals surface area contributed by atoms with Gasteiger partial charge in [0.15, 0.2) is 6.61 Å². The number of hydrogen-bond donors (Lipinski definition) is 3. The Morgan fingerprint density at radius 1 is 0.913 bits per heavy atom. The maximum Gasteiger partial charge on any atom is 0.422 e. The summed E-state index contributed by atoms with van der Waals surface area (Å²) in [7, 11) is 6.13. The highest BCUT2D eigenvalue weighted by Gasteiger charge is 2.29. The van der Waals surface area contributed by atoms with Crippen molar-refractivity contribution in [3.63, 3.8) is 0 Å². The molecule has 3 N–H and O–H groups in total. The Morgan fingerprint density at radius 3 is 2.28 bits per heavy atom. The summed E-state index contributed by atoms with van der Waals surface area (Å²) in [5.41, 5.74) is 1.72. The lowest BCUT2D eigenvalue weighted by atomic mass is 10.1. The zero-order valence-electron chi connectivity index (χ0n) is 26.6. The van der Waals surface area contributed by atoms with Gasteiger partial charge < -0.3 is 34.6 Å². The Bertz CT molecular complexity index is 1420. The summed E-state index contributed by atoms with van der Waals surface area (Å²) in [6.45, 7) is 0.992. The number of fused-ring (bicyclic) bond motifs is 12. The molecule has 0 radical (unpaired) electrons. The minimum atomic E-state index is -4.58. The Hall–Kier alpha value is -4.33. The molecule has 1 aromatic heterocycles. The first kappa shape index (κ1) is 34.5. The topological polar surface area (TPSA) is 120 Å². The number of nitrogens with one attached hydrogen (secondary N) is 3. The lowest BCUT2D eigenvalue weighted by molar-refractivity contribution is -0.869. The molecule has 2 aliphatic rings. The number of carbonyl (C=O) groups excluding carboxylic acids is 1. The van der Waals surface area contributed by atoms with Crippen LogP contribution in [0.25, 0.3) is 0 Å². The third-order valence-corrected chi connectivity index (χ3v) is 6.97. The lowest BCUT2D eigenvalue weighted by Gasteiger charge is -2.24. The van der Waals surface area contributed by atoms with Gasteiger partial charge in [0.25, 0.3) is 5.91 Å². The van der Waals surface area contributed by atoms with Gasteiger partial charge in [0.1, 0.15) is 11.5 Å². The monoisotopic (exact) mass is 646 g/mol. The van der Waals surface area contributed by atoms with Crippen LogP contribution in [0.5, 0.6) is 17.5 Å². The van der Waals surface area contributed by atoms with Crippen molar-refractivity contribution >= 4 is 23.5 Å². The number of aromatic nitrogens is 3. The first-order valence-electron chi connectivity index (χ1n) is 15.5. The Balaban J connectivity index is 1.59. The van der Waals surface area contributed by atoms with Crippen LogP contribution in [0.3, 0.4) is 0 Å². The molecule has 0 saturated carbocycles. The van der Waals surface area contributed by atoms with Gasteiger partial charge in [0, 0.05) is 18.3 Å². The van der Waals surface area contributed by atoms with Crippen molar-refractivity contribution in [3.8, 4) is 17.5 Å². The van der Waals surface area contributed by atoms with Crippen molar-refractivity contribution in [2.75, 3.05) is 64.7 Å². The molecular weight excluding hydrogens is 603 g/mol. The molecule has 3 aromatic rings. The smallest absolute Gasteiger partial charge is 0.422 e. The van der Waals surface area contributed by atoms with E-state index in [4.69, 9.17) is 14.2 Å². The lowest BCUT2D eigenvalue weighted by Crippen LogP contribution is -2.41. The van der Waals surface area contributed by atoms with Crippen LogP contribution in [0.4, 0.5) is 30.8 Å². The number of carbonyl (C=O) groups is 1. The summed E-state index contributed by atoms with van der Waals surface area (Å²) in [6.07, 6.45) is 1.38. The molecule has 3 heterocycles. The Morgan fingerprint density at radius 2 is 1.59 bits per heavy atom. The van der Waals surface area contributed by atoms with E-state index in [-0.39, 0.29) is 17.8 Å². The van der Waals surface area contributed by atoms with Crippen molar-refractivity contribution in [2.24, 2.45) is 0 Å². The number of hydrogen-bond acceptors (Lipinski definition) is 9. The average Bonchev–Trinajstić information content (AvgIpc) is 2.99. The maximum absolute atomic E-state index is 13.1. The Labute approximate surface area is 267 Å². The molecule has 11 nitrogen and oxygen atoms in total. The van der Waals surface area contributed by atoms with Gasteiger partial charge in [-0.2, -0.15) is 28.1 Å². The zero-order chi connectivity index (χ0) is 33.0. The number of amides is 1. The van der Waals surface area contributed by atoms with Crippen molar-refractivity contribution in [3.05, 3.63) is 53.6 Å². The standard InChI is InChI=1S/C32H42F3N7O4/c1-42(2,3)17-16-36-28(43)26-15-12-24-20-27(26)45-19-9-7-5-4-6-8-18-44-25-13-10-23(11-14-25)21-37-29-39-30(38-24)41-31(40-29)46-22-32(33,34)35/h10-15,20H,4-9,16-19,21-22H2,1-3H3,(H2-,36,37,38,39,40,41,43)/p+1. The van der Waals surface area contributed by atoms with Gasteiger partial charge in [-0.3, -0.25) is 4.79 Å². The van der Waals surface area contributed by atoms with E-state index < -0.39 is 18.8 Å². The second-order valence-corrected chi connectivity index (χ2v) is 12.1. The summed E-state index contributed by atoms with van der Waals surface area (Å²) < 4.78 is 56.3. The molecule has 0 saturated heterocycles. The molecule has 5 rings (SSSR count). The van der Waals surface area contributed by atoms with E-state index in [0.717, 1.165) is 56.4 Å². The highest BCUT2D eigenvalue weighted by molar-refractivity contribution is 5.97. The minimum absolute atomic E-state index is 0.0121. The summed E-state index contributed by atoms with van der Waals surface area (Å²) in [5, 5.41) is 8.97. The fourth-order valence-electron chi connectivity index (χ4n) is 4.51. The molecule has 250 valence electrons. The maximum atomic E-state index is 13.1. The van der Waals surface area contributed by atoms with Crippen LogP contribution in [0, 0.1) is 0 Å². The number of alkyl halides is 3. The molecule has 0 spiro atoms. The van der Waals surface area contributed by atoms with Gasteiger partial charge in [-0.1, -0.05) is 37.8 Å². The van der Waals surface area contributed by atoms with Gasteiger partial charge in [-0.15, -0.1) is 0 Å². The zero-order valence-corrected chi connectivity index (χ0v) is 26.6. The number of halogens is 3. The number of nitrogens with zero attached hydrogens (tertiary/aromatic N) is 4. The van der Waals surface area contributed by atoms with Gasteiger partial charge in [0.05, 0.1) is 53.0 Å². The quantitative estimate of drug-likeness (QED) is 0.289. The van der Waals surface area contributed by atoms with Crippen LogP contribution < -0.4 is 30.2 Å². The first-order chi connectivity index (χ1) is 21.9. The van der Waals surface area contributed by atoms with Crippen LogP contribution in [-0.4, -0.2) is 85.6 Å². The van der Waals surface area contributed by atoms with Gasteiger partial charge >= 0.3 is 12.2 Å². The van der Waals surface area contributed by atoms with Crippen LogP contribution >= 0.6 is 0 Å². The van der Waals surface area contributed by atoms with E-state index in [1.807, 2.05) is 45.4 Å². The second kappa shape index (κ2) is 16.3. The molecule has 2 aliphatic heterocycles.